The monoisotopic (exact) mass is 177 g/mol. The Morgan fingerprint density at radius 2 is 1.91 bits per heavy atom. The van der Waals surface area contributed by atoms with Gasteiger partial charge >= 0.3 is 5.37 Å². The fraction of sp³-hybridized carbons (Fsp3) is 0.857. The molecule has 1 amide bonds. The second-order valence-corrected chi connectivity index (χ2v) is 3.22. The molecule has 0 unspecified atom stereocenters. The molecule has 3 nitrogen and oxygen atoms in total. The molecule has 64 valence electrons. The molecule has 1 aliphatic heterocycles. The van der Waals surface area contributed by atoms with E-state index in [4.69, 9.17) is 16.3 Å². The van der Waals surface area contributed by atoms with Crippen LogP contribution in [0.25, 0.3) is 0 Å². The van der Waals surface area contributed by atoms with Gasteiger partial charge < -0.3 is 9.64 Å². The fourth-order valence-electron chi connectivity index (χ4n) is 1.35. The molecule has 1 heterocycles. The maximum absolute atomic E-state index is 10.9. The van der Waals surface area contributed by atoms with Gasteiger partial charge in [-0.15, -0.1) is 0 Å². The van der Waals surface area contributed by atoms with Crippen LogP contribution in [0.1, 0.15) is 13.8 Å². The SMILES string of the molecule is C[C@H]1COC[C@H](C)N1C(=O)Cl. The van der Waals surface area contributed by atoms with E-state index in [1.54, 1.807) is 4.90 Å². The summed E-state index contributed by atoms with van der Waals surface area (Å²) in [4.78, 5) is 12.5. The van der Waals surface area contributed by atoms with Crippen LogP contribution in [-0.2, 0) is 4.74 Å². The van der Waals surface area contributed by atoms with Crippen LogP contribution in [0.4, 0.5) is 4.79 Å². The molecule has 1 saturated heterocycles. The first-order chi connectivity index (χ1) is 5.13. The molecule has 1 aliphatic rings. The van der Waals surface area contributed by atoms with Gasteiger partial charge in [0.15, 0.2) is 0 Å². The minimum atomic E-state index is -0.381. The molecule has 11 heavy (non-hydrogen) atoms. The maximum atomic E-state index is 10.9. The fourth-order valence-corrected chi connectivity index (χ4v) is 1.68. The summed E-state index contributed by atoms with van der Waals surface area (Å²) in [6, 6.07) is 0.201. The predicted octanol–water partition coefficient (Wildman–Crippen LogP) is 1.45. The quantitative estimate of drug-likeness (QED) is 0.414. The van der Waals surface area contributed by atoms with Gasteiger partial charge in [0.2, 0.25) is 0 Å². The first-order valence-corrected chi connectivity index (χ1v) is 4.06. The smallest absolute Gasteiger partial charge is 0.317 e. The molecule has 2 atom stereocenters. The number of hydrogen-bond donors (Lipinski definition) is 0. The molecule has 0 aromatic carbocycles. The van der Waals surface area contributed by atoms with Crippen molar-refractivity contribution in [3.05, 3.63) is 0 Å². The van der Waals surface area contributed by atoms with E-state index in [1.165, 1.54) is 0 Å². The lowest BCUT2D eigenvalue weighted by molar-refractivity contribution is -0.00863. The lowest BCUT2D eigenvalue weighted by Gasteiger charge is -2.36. The van der Waals surface area contributed by atoms with E-state index in [-0.39, 0.29) is 17.5 Å². The Kier molecular flexibility index (Phi) is 2.73. The normalized spacial score (nSPS) is 32.1. The molecule has 0 spiro atoms. The minimum absolute atomic E-state index is 0.101. The summed E-state index contributed by atoms with van der Waals surface area (Å²) < 4.78 is 5.22. The third kappa shape index (κ3) is 1.84. The average molecular weight is 178 g/mol. The molecular formula is C7H12ClNO2. The van der Waals surface area contributed by atoms with Crippen LogP contribution in [0.5, 0.6) is 0 Å². The van der Waals surface area contributed by atoms with Crippen molar-refractivity contribution >= 4 is 17.0 Å². The van der Waals surface area contributed by atoms with E-state index in [0.717, 1.165) is 0 Å². The predicted molar refractivity (Wildman–Crippen MR) is 42.8 cm³/mol. The Morgan fingerprint density at radius 1 is 1.45 bits per heavy atom. The highest BCUT2D eigenvalue weighted by Crippen LogP contribution is 2.14. The number of amides is 1. The van der Waals surface area contributed by atoms with Gasteiger partial charge in [-0.2, -0.15) is 0 Å². The van der Waals surface area contributed by atoms with E-state index in [1.807, 2.05) is 13.8 Å². The number of morpholine rings is 1. The standard InChI is InChI=1S/C7H12ClNO2/c1-5-3-11-4-6(2)9(5)7(8)10/h5-6H,3-4H2,1-2H3/t5-,6-/m0/s1. The van der Waals surface area contributed by atoms with E-state index in [0.29, 0.717) is 13.2 Å². The number of ether oxygens (including phenoxy) is 1. The van der Waals surface area contributed by atoms with Crippen LogP contribution in [0.2, 0.25) is 0 Å². The van der Waals surface area contributed by atoms with Crippen LogP contribution in [-0.4, -0.2) is 35.6 Å². The second-order valence-electron chi connectivity index (χ2n) is 2.90. The molecule has 0 aromatic heterocycles. The molecule has 1 rings (SSSR count). The zero-order valence-corrected chi connectivity index (χ0v) is 7.47. The van der Waals surface area contributed by atoms with Gasteiger partial charge in [-0.05, 0) is 25.4 Å². The van der Waals surface area contributed by atoms with Crippen LogP contribution in [0.3, 0.4) is 0 Å². The van der Waals surface area contributed by atoms with Crippen molar-refractivity contribution in [2.45, 2.75) is 25.9 Å². The molecule has 0 bridgehead atoms. The van der Waals surface area contributed by atoms with Crippen molar-refractivity contribution < 1.29 is 9.53 Å². The second kappa shape index (κ2) is 3.41. The topological polar surface area (TPSA) is 29.5 Å². The number of rotatable bonds is 0. The van der Waals surface area contributed by atoms with Gasteiger partial charge in [0, 0.05) is 0 Å². The lowest BCUT2D eigenvalue weighted by Crippen LogP contribution is -2.50. The summed E-state index contributed by atoms with van der Waals surface area (Å²) in [5.41, 5.74) is 0. The number of nitrogens with zero attached hydrogens (tertiary/aromatic N) is 1. The van der Waals surface area contributed by atoms with E-state index >= 15 is 0 Å². The molecule has 1 fully saturated rings. The molecule has 0 aliphatic carbocycles. The van der Waals surface area contributed by atoms with E-state index in [2.05, 4.69) is 0 Å². The third-order valence-electron chi connectivity index (χ3n) is 1.87. The number of hydrogen-bond acceptors (Lipinski definition) is 2. The van der Waals surface area contributed by atoms with Crippen molar-refractivity contribution in [2.24, 2.45) is 0 Å². The summed E-state index contributed by atoms with van der Waals surface area (Å²) in [5, 5.41) is -0.381. The highest BCUT2D eigenvalue weighted by Gasteiger charge is 2.28. The van der Waals surface area contributed by atoms with Gasteiger partial charge in [-0.25, -0.2) is 0 Å². The maximum Gasteiger partial charge on any atom is 0.317 e. The molecule has 0 radical (unpaired) electrons. The molecule has 0 N–H and O–H groups in total. The third-order valence-corrected chi connectivity index (χ3v) is 2.07. The highest BCUT2D eigenvalue weighted by atomic mass is 35.5. The zero-order chi connectivity index (χ0) is 8.43. The minimum Gasteiger partial charge on any atom is -0.377 e. The number of carbonyl (C=O) groups excluding carboxylic acids is 1. The summed E-state index contributed by atoms with van der Waals surface area (Å²) in [5.74, 6) is 0. The Hall–Kier alpha value is -0.280. The molecule has 0 saturated carbocycles. The molecular weight excluding hydrogens is 166 g/mol. The van der Waals surface area contributed by atoms with Gasteiger partial charge in [0.25, 0.3) is 0 Å². The van der Waals surface area contributed by atoms with Crippen molar-refractivity contribution in [3.8, 4) is 0 Å². The van der Waals surface area contributed by atoms with Crippen molar-refractivity contribution in [1.29, 1.82) is 0 Å². The van der Waals surface area contributed by atoms with Crippen LogP contribution in [0.15, 0.2) is 0 Å². The Balaban J connectivity index is 2.62. The lowest BCUT2D eigenvalue weighted by atomic mass is 10.2. The highest BCUT2D eigenvalue weighted by molar-refractivity contribution is 6.62. The van der Waals surface area contributed by atoms with Crippen molar-refractivity contribution in [1.82, 2.24) is 4.90 Å². The van der Waals surface area contributed by atoms with Gasteiger partial charge in [0.1, 0.15) is 0 Å². The van der Waals surface area contributed by atoms with E-state index < -0.39 is 0 Å². The summed E-state index contributed by atoms with van der Waals surface area (Å²) >= 11 is 5.38. The van der Waals surface area contributed by atoms with Crippen molar-refractivity contribution in [2.75, 3.05) is 13.2 Å². The van der Waals surface area contributed by atoms with Crippen LogP contribution >= 0.6 is 11.6 Å². The van der Waals surface area contributed by atoms with Gasteiger partial charge in [-0.3, -0.25) is 4.79 Å². The Morgan fingerprint density at radius 3 is 2.18 bits per heavy atom. The first kappa shape index (κ1) is 8.81. The van der Waals surface area contributed by atoms with Crippen LogP contribution in [0, 0.1) is 0 Å². The largest absolute Gasteiger partial charge is 0.377 e. The van der Waals surface area contributed by atoms with E-state index in [9.17, 15) is 4.79 Å². The number of halogens is 1. The summed E-state index contributed by atoms with van der Waals surface area (Å²) in [7, 11) is 0. The van der Waals surface area contributed by atoms with Gasteiger partial charge in [0.05, 0.1) is 25.3 Å². The molecule has 4 heteroatoms. The van der Waals surface area contributed by atoms with Crippen LogP contribution < -0.4 is 0 Å². The Labute approximate surface area is 71.3 Å². The summed E-state index contributed by atoms with van der Waals surface area (Å²) in [6.07, 6.45) is 0. The number of carbonyl (C=O) groups is 1. The first-order valence-electron chi connectivity index (χ1n) is 3.68. The zero-order valence-electron chi connectivity index (χ0n) is 6.71. The molecule has 0 aromatic rings. The van der Waals surface area contributed by atoms with Gasteiger partial charge in [-0.1, -0.05) is 0 Å². The average Bonchev–Trinajstić information content (AvgIpc) is 1.85. The van der Waals surface area contributed by atoms with Crippen molar-refractivity contribution in [3.63, 3.8) is 0 Å². The summed E-state index contributed by atoms with van der Waals surface area (Å²) in [6.45, 7) is 5.03. The Bertz CT molecular complexity index is 153.